The number of nitrogens with zero attached hydrogens (tertiary/aromatic N) is 2. The van der Waals surface area contributed by atoms with Crippen LogP contribution < -0.4 is 10.3 Å². The minimum atomic E-state index is -3.58. The fourth-order valence-corrected chi connectivity index (χ4v) is 6.71. The van der Waals surface area contributed by atoms with Gasteiger partial charge in [-0.25, -0.2) is 13.2 Å². The lowest BCUT2D eigenvalue weighted by molar-refractivity contribution is 0.0693. The molecule has 162 valence electrons. The molecular formula is C20H24N2O7S. The Morgan fingerprint density at radius 2 is 1.90 bits per heavy atom. The van der Waals surface area contributed by atoms with Gasteiger partial charge in [-0.1, -0.05) is 6.92 Å². The predicted octanol–water partition coefficient (Wildman–Crippen LogP) is 1.05. The number of aliphatic hydroxyl groups is 1. The summed E-state index contributed by atoms with van der Waals surface area (Å²) in [6.45, 7) is 1.26. The number of pyridine rings is 2. The van der Waals surface area contributed by atoms with Crippen molar-refractivity contribution in [1.29, 1.82) is 0 Å². The van der Waals surface area contributed by atoms with Crippen LogP contribution in [0.3, 0.4) is 0 Å². The van der Waals surface area contributed by atoms with E-state index < -0.39 is 30.9 Å². The van der Waals surface area contributed by atoms with E-state index in [1.807, 2.05) is 0 Å². The first kappa shape index (κ1) is 20.8. The summed E-state index contributed by atoms with van der Waals surface area (Å²) in [5, 5.41) is 19.1. The molecule has 0 spiro atoms. The highest BCUT2D eigenvalue weighted by Crippen LogP contribution is 2.56. The van der Waals surface area contributed by atoms with Crippen LogP contribution in [0.4, 0.5) is 0 Å². The Morgan fingerprint density at radius 1 is 1.27 bits per heavy atom. The van der Waals surface area contributed by atoms with E-state index in [1.165, 1.54) is 17.8 Å². The molecule has 0 aromatic carbocycles. The Bertz CT molecular complexity index is 1210. The summed E-state index contributed by atoms with van der Waals surface area (Å²) in [6.07, 6.45) is 3.58. The molecular weight excluding hydrogens is 412 g/mol. The molecule has 0 radical (unpaired) electrons. The molecule has 2 aromatic rings. The Balaban J connectivity index is 1.76. The lowest BCUT2D eigenvalue weighted by Gasteiger charge is -2.23. The number of hydrogen-bond donors (Lipinski definition) is 2. The maximum atomic E-state index is 13.1. The second-order valence-electron chi connectivity index (χ2n) is 8.20. The maximum absolute atomic E-state index is 13.1. The van der Waals surface area contributed by atoms with Crippen LogP contribution >= 0.6 is 0 Å². The molecule has 2 aliphatic carbocycles. The quantitative estimate of drug-likeness (QED) is 0.627. The van der Waals surface area contributed by atoms with Gasteiger partial charge in [-0.05, 0) is 37.7 Å². The number of aliphatic hydroxyl groups excluding tert-OH is 1. The first-order valence-corrected chi connectivity index (χ1v) is 11.3. The molecule has 0 unspecified atom stereocenters. The van der Waals surface area contributed by atoms with Crippen molar-refractivity contribution < 1.29 is 28.2 Å². The number of fused-ring (bicyclic) bond motifs is 1. The van der Waals surface area contributed by atoms with Gasteiger partial charge in [-0.15, -0.1) is 0 Å². The van der Waals surface area contributed by atoms with Gasteiger partial charge in [-0.2, -0.15) is 0 Å². The smallest absolute Gasteiger partial charge is 0.341 e. The van der Waals surface area contributed by atoms with Crippen molar-refractivity contribution >= 4 is 26.8 Å². The third kappa shape index (κ3) is 2.77. The number of aromatic carboxylic acids is 1. The maximum Gasteiger partial charge on any atom is 0.341 e. The molecule has 9 nitrogen and oxygen atoms in total. The number of rotatable bonds is 8. The van der Waals surface area contributed by atoms with E-state index in [1.54, 1.807) is 13.0 Å². The molecule has 2 heterocycles. The number of carbonyl (C=O) groups is 1. The Kier molecular flexibility index (Phi) is 4.70. The number of carboxylic acids is 1. The highest BCUT2D eigenvalue weighted by atomic mass is 32.2. The molecule has 10 heteroatoms. The van der Waals surface area contributed by atoms with E-state index in [2.05, 4.69) is 4.98 Å². The molecule has 30 heavy (non-hydrogen) atoms. The first-order valence-electron chi connectivity index (χ1n) is 9.86. The van der Waals surface area contributed by atoms with Gasteiger partial charge in [0.2, 0.25) is 0 Å². The number of aromatic nitrogens is 2. The summed E-state index contributed by atoms with van der Waals surface area (Å²) in [7, 11) is -2.13. The van der Waals surface area contributed by atoms with Gasteiger partial charge in [0.05, 0.1) is 16.9 Å². The van der Waals surface area contributed by atoms with Crippen LogP contribution in [-0.4, -0.2) is 56.9 Å². The molecule has 2 saturated carbocycles. The second kappa shape index (κ2) is 6.78. The van der Waals surface area contributed by atoms with Crippen molar-refractivity contribution in [3.05, 3.63) is 33.7 Å². The van der Waals surface area contributed by atoms with E-state index in [0.29, 0.717) is 48.7 Å². The lowest BCUT2D eigenvalue weighted by Crippen LogP contribution is -2.41. The summed E-state index contributed by atoms with van der Waals surface area (Å²) < 4.78 is 31.2. The largest absolute Gasteiger partial charge is 0.490 e. The summed E-state index contributed by atoms with van der Waals surface area (Å²) >= 11 is 0. The van der Waals surface area contributed by atoms with E-state index in [9.17, 15) is 28.2 Å². The fraction of sp³-hybridized carbons (Fsp3) is 0.550. The van der Waals surface area contributed by atoms with E-state index >= 15 is 0 Å². The molecule has 2 aromatic heterocycles. The number of ether oxygens (including phenoxy) is 1. The zero-order valence-electron chi connectivity index (χ0n) is 16.8. The Labute approximate surface area is 173 Å². The normalized spacial score (nSPS) is 18.9. The first-order chi connectivity index (χ1) is 14.1. The Morgan fingerprint density at radius 3 is 2.40 bits per heavy atom. The molecule has 2 N–H and O–H groups in total. The fourth-order valence-electron chi connectivity index (χ4n) is 4.13. The van der Waals surface area contributed by atoms with Crippen molar-refractivity contribution in [3.63, 3.8) is 0 Å². The number of carboxylic acid groups (broad SMARTS) is 1. The average Bonchev–Trinajstić information content (AvgIpc) is 3.62. The van der Waals surface area contributed by atoms with Gasteiger partial charge in [0.25, 0.3) is 5.56 Å². The number of aryl methyl sites for hydroxylation is 2. The van der Waals surface area contributed by atoms with Crippen LogP contribution in [-0.2, 0) is 23.3 Å². The van der Waals surface area contributed by atoms with Crippen LogP contribution in [0.1, 0.15) is 48.5 Å². The predicted molar refractivity (Wildman–Crippen MR) is 109 cm³/mol. The van der Waals surface area contributed by atoms with Crippen molar-refractivity contribution in [1.82, 2.24) is 9.55 Å². The van der Waals surface area contributed by atoms with E-state index in [-0.39, 0.29) is 24.5 Å². The summed E-state index contributed by atoms with van der Waals surface area (Å²) in [4.78, 5) is 28.6. The highest BCUT2D eigenvalue weighted by Gasteiger charge is 2.67. The highest BCUT2D eigenvalue weighted by molar-refractivity contribution is 7.94. The van der Waals surface area contributed by atoms with Crippen molar-refractivity contribution in [2.45, 2.75) is 48.5 Å². The van der Waals surface area contributed by atoms with Crippen LogP contribution in [0.15, 0.2) is 17.1 Å². The third-order valence-electron chi connectivity index (χ3n) is 6.43. The van der Waals surface area contributed by atoms with E-state index in [0.717, 1.165) is 0 Å². The molecule has 0 saturated heterocycles. The minimum Gasteiger partial charge on any atom is -0.490 e. The standard InChI is InChI=1S/C20H24N2O7S/c1-3-12-14(18(25)26)17(24)22(2)16-13(4-9-21-15(12)16)29-11-20(7-8-20)30(27,28)19(10-23)5-6-19/h4,9,23H,3,5-8,10-11H2,1-2H3,(H,25,26). The molecule has 0 aliphatic heterocycles. The lowest BCUT2D eigenvalue weighted by atomic mass is 10.0. The van der Waals surface area contributed by atoms with Crippen LogP contribution in [0.5, 0.6) is 5.75 Å². The molecule has 0 bridgehead atoms. The number of hydrogen-bond acceptors (Lipinski definition) is 7. The van der Waals surface area contributed by atoms with Crippen molar-refractivity contribution in [2.24, 2.45) is 7.05 Å². The monoisotopic (exact) mass is 436 g/mol. The van der Waals surface area contributed by atoms with Gasteiger partial charge >= 0.3 is 5.97 Å². The minimum absolute atomic E-state index is 0.0907. The Hall–Kier alpha value is -2.46. The van der Waals surface area contributed by atoms with Gasteiger partial charge in [0, 0.05) is 19.3 Å². The second-order valence-corrected chi connectivity index (χ2v) is 10.9. The molecule has 2 fully saturated rings. The summed E-state index contributed by atoms with van der Waals surface area (Å²) in [5.41, 5.74) is 0.00164. The third-order valence-corrected chi connectivity index (χ3v) is 9.77. The SMILES string of the molecule is CCc1c(C(=O)O)c(=O)n(C)c2c(OCC3(S(=O)(=O)C4(CO)CC4)CC3)ccnc12. The van der Waals surface area contributed by atoms with Crippen LogP contribution in [0, 0.1) is 0 Å². The average molecular weight is 436 g/mol. The summed E-state index contributed by atoms with van der Waals surface area (Å²) in [6, 6.07) is 1.54. The van der Waals surface area contributed by atoms with Crippen LogP contribution in [0.25, 0.3) is 11.0 Å². The number of sulfone groups is 1. The van der Waals surface area contributed by atoms with Gasteiger partial charge in [0.15, 0.2) is 9.84 Å². The molecule has 0 amide bonds. The zero-order chi connectivity index (χ0) is 21.9. The van der Waals surface area contributed by atoms with Crippen molar-refractivity contribution in [2.75, 3.05) is 13.2 Å². The zero-order valence-corrected chi connectivity index (χ0v) is 17.7. The van der Waals surface area contributed by atoms with Crippen LogP contribution in [0.2, 0.25) is 0 Å². The molecule has 4 rings (SSSR count). The molecule has 0 atom stereocenters. The van der Waals surface area contributed by atoms with Crippen molar-refractivity contribution in [3.8, 4) is 5.75 Å². The van der Waals surface area contributed by atoms with Gasteiger partial charge in [0.1, 0.15) is 28.2 Å². The van der Waals surface area contributed by atoms with E-state index in [4.69, 9.17) is 4.74 Å². The topological polar surface area (TPSA) is 136 Å². The summed E-state index contributed by atoms with van der Waals surface area (Å²) in [5.74, 6) is -1.04. The van der Waals surface area contributed by atoms with Gasteiger partial charge in [-0.3, -0.25) is 9.78 Å². The van der Waals surface area contributed by atoms with Gasteiger partial charge < -0.3 is 19.5 Å². The molecule has 2 aliphatic rings.